The van der Waals surface area contributed by atoms with Gasteiger partial charge in [-0.2, -0.15) is 26.3 Å². The highest BCUT2D eigenvalue weighted by molar-refractivity contribution is 5.38. The third-order valence-electron chi connectivity index (χ3n) is 4.69. The van der Waals surface area contributed by atoms with Crippen molar-refractivity contribution in [1.82, 2.24) is 4.90 Å². The van der Waals surface area contributed by atoms with Crippen LogP contribution >= 0.6 is 0 Å². The molecule has 0 saturated carbocycles. The lowest BCUT2D eigenvalue weighted by Gasteiger charge is -2.32. The van der Waals surface area contributed by atoms with Gasteiger partial charge in [-0.15, -0.1) is 0 Å². The van der Waals surface area contributed by atoms with E-state index in [9.17, 15) is 26.3 Å². The molecule has 0 amide bonds. The van der Waals surface area contributed by atoms with E-state index >= 15 is 0 Å². The summed E-state index contributed by atoms with van der Waals surface area (Å²) in [4.78, 5) is 2.07. The molecular formula is C18H23F6N. The van der Waals surface area contributed by atoms with Gasteiger partial charge in [0.25, 0.3) is 0 Å². The molecule has 1 unspecified atom stereocenters. The number of hydrogen-bond acceptors (Lipinski definition) is 1. The topological polar surface area (TPSA) is 3.24 Å². The van der Waals surface area contributed by atoms with Gasteiger partial charge in [0.2, 0.25) is 0 Å². The molecule has 1 saturated heterocycles. The van der Waals surface area contributed by atoms with Crippen LogP contribution in [0.3, 0.4) is 0 Å². The first-order chi connectivity index (χ1) is 11.6. The number of rotatable bonds is 5. The van der Waals surface area contributed by atoms with Gasteiger partial charge in [-0.1, -0.05) is 19.8 Å². The van der Waals surface area contributed by atoms with Gasteiger partial charge in [-0.25, -0.2) is 0 Å². The van der Waals surface area contributed by atoms with E-state index in [0.717, 1.165) is 32.4 Å². The van der Waals surface area contributed by atoms with E-state index in [2.05, 4.69) is 4.90 Å². The molecule has 25 heavy (non-hydrogen) atoms. The molecule has 0 aliphatic carbocycles. The molecule has 0 N–H and O–H groups in total. The summed E-state index contributed by atoms with van der Waals surface area (Å²) in [7, 11) is 0. The van der Waals surface area contributed by atoms with Gasteiger partial charge >= 0.3 is 12.4 Å². The first-order valence-electron chi connectivity index (χ1n) is 8.63. The second-order valence-corrected chi connectivity index (χ2v) is 6.64. The zero-order valence-corrected chi connectivity index (χ0v) is 14.2. The molecule has 0 aromatic heterocycles. The first-order valence-corrected chi connectivity index (χ1v) is 8.63. The maximum absolute atomic E-state index is 13.4. The summed E-state index contributed by atoms with van der Waals surface area (Å²) in [6.07, 6.45) is -5.21. The number of benzene rings is 1. The Morgan fingerprint density at radius 3 is 2.12 bits per heavy atom. The van der Waals surface area contributed by atoms with E-state index in [1.165, 1.54) is 0 Å². The Morgan fingerprint density at radius 2 is 1.60 bits per heavy atom. The fourth-order valence-corrected chi connectivity index (χ4v) is 3.48. The standard InChI is InChI=1S/C18H23F6N/c1-2-6-13(12-25-9-4-3-5-10-25)15-11-14(17(19,20)21)7-8-16(15)18(22,23)24/h7-8,11,13H,2-6,9-10,12H2,1H3. The predicted molar refractivity (Wildman–Crippen MR) is 84.4 cm³/mol. The van der Waals surface area contributed by atoms with Gasteiger partial charge < -0.3 is 4.90 Å². The Bertz CT molecular complexity index is 558. The fraction of sp³-hybridized carbons (Fsp3) is 0.667. The largest absolute Gasteiger partial charge is 0.416 e. The zero-order valence-electron chi connectivity index (χ0n) is 14.2. The van der Waals surface area contributed by atoms with Gasteiger partial charge in [0.1, 0.15) is 0 Å². The minimum absolute atomic E-state index is 0.227. The zero-order chi connectivity index (χ0) is 18.7. The molecule has 0 bridgehead atoms. The third-order valence-corrected chi connectivity index (χ3v) is 4.69. The second-order valence-electron chi connectivity index (χ2n) is 6.64. The average molecular weight is 367 g/mol. The van der Waals surface area contributed by atoms with E-state index < -0.39 is 29.4 Å². The first kappa shape index (κ1) is 20.1. The molecule has 1 nitrogen and oxygen atoms in total. The molecule has 1 heterocycles. The van der Waals surface area contributed by atoms with Crippen molar-refractivity contribution < 1.29 is 26.3 Å². The lowest BCUT2D eigenvalue weighted by molar-refractivity contribution is -0.142. The number of alkyl halides is 6. The summed E-state index contributed by atoms with van der Waals surface area (Å²) in [5.41, 5.74) is -2.19. The van der Waals surface area contributed by atoms with E-state index in [-0.39, 0.29) is 5.56 Å². The maximum atomic E-state index is 13.4. The highest BCUT2D eigenvalue weighted by Crippen LogP contribution is 2.40. The number of piperidine rings is 1. The summed E-state index contributed by atoms with van der Waals surface area (Å²) >= 11 is 0. The normalized spacial score (nSPS) is 18.4. The Kier molecular flexibility index (Phi) is 6.40. The van der Waals surface area contributed by atoms with Crippen molar-refractivity contribution in [2.75, 3.05) is 19.6 Å². The summed E-state index contributed by atoms with van der Waals surface area (Å²) in [6, 6.07) is 1.81. The van der Waals surface area contributed by atoms with Crippen LogP contribution in [-0.2, 0) is 12.4 Å². The number of likely N-dealkylation sites (tertiary alicyclic amines) is 1. The van der Waals surface area contributed by atoms with Crippen LogP contribution in [0, 0.1) is 0 Å². The van der Waals surface area contributed by atoms with Crippen molar-refractivity contribution >= 4 is 0 Å². The van der Waals surface area contributed by atoms with Crippen molar-refractivity contribution in [2.24, 2.45) is 0 Å². The van der Waals surface area contributed by atoms with E-state index in [4.69, 9.17) is 0 Å². The fourth-order valence-electron chi connectivity index (χ4n) is 3.48. The smallest absolute Gasteiger partial charge is 0.303 e. The quantitative estimate of drug-likeness (QED) is 0.569. The molecule has 1 aliphatic heterocycles. The van der Waals surface area contributed by atoms with Gasteiger partial charge in [-0.3, -0.25) is 0 Å². The number of hydrogen-bond donors (Lipinski definition) is 0. The second kappa shape index (κ2) is 7.98. The number of nitrogens with zero attached hydrogens (tertiary/aromatic N) is 1. The van der Waals surface area contributed by atoms with Crippen molar-refractivity contribution in [3.63, 3.8) is 0 Å². The Balaban J connectivity index is 2.41. The van der Waals surface area contributed by atoms with Crippen molar-refractivity contribution in [3.8, 4) is 0 Å². The van der Waals surface area contributed by atoms with Crippen LogP contribution in [0.1, 0.15) is 61.6 Å². The van der Waals surface area contributed by atoms with E-state index in [1.807, 2.05) is 6.92 Å². The monoisotopic (exact) mass is 367 g/mol. The van der Waals surface area contributed by atoms with Crippen molar-refractivity contribution in [2.45, 2.75) is 57.3 Å². The lowest BCUT2D eigenvalue weighted by atomic mass is 9.88. The third kappa shape index (κ3) is 5.36. The molecule has 1 aromatic rings. The highest BCUT2D eigenvalue weighted by Gasteiger charge is 2.38. The van der Waals surface area contributed by atoms with Crippen LogP contribution < -0.4 is 0 Å². The van der Waals surface area contributed by atoms with Crippen LogP contribution in [-0.4, -0.2) is 24.5 Å². The Morgan fingerprint density at radius 1 is 0.960 bits per heavy atom. The molecular weight excluding hydrogens is 344 g/mol. The molecule has 0 radical (unpaired) electrons. The van der Waals surface area contributed by atoms with Gasteiger partial charge in [0, 0.05) is 6.54 Å². The molecule has 1 aromatic carbocycles. The SMILES string of the molecule is CCCC(CN1CCCCC1)c1cc(C(F)(F)F)ccc1C(F)(F)F. The molecule has 7 heteroatoms. The summed E-state index contributed by atoms with van der Waals surface area (Å²) < 4.78 is 79.1. The molecule has 0 spiro atoms. The van der Waals surface area contributed by atoms with Crippen LogP contribution in [0.15, 0.2) is 18.2 Å². The van der Waals surface area contributed by atoms with E-state index in [1.54, 1.807) is 0 Å². The molecule has 2 rings (SSSR count). The molecule has 1 atom stereocenters. The molecule has 1 fully saturated rings. The van der Waals surface area contributed by atoms with Crippen LogP contribution in [0.2, 0.25) is 0 Å². The van der Waals surface area contributed by atoms with Crippen molar-refractivity contribution in [1.29, 1.82) is 0 Å². The predicted octanol–water partition coefficient (Wildman–Crippen LogP) is 6.09. The summed E-state index contributed by atoms with van der Waals surface area (Å²) in [5, 5.41) is 0. The number of halogens is 6. The lowest BCUT2D eigenvalue weighted by Crippen LogP contribution is -2.34. The minimum Gasteiger partial charge on any atom is -0.303 e. The Hall–Kier alpha value is -1.24. The average Bonchev–Trinajstić information content (AvgIpc) is 2.53. The van der Waals surface area contributed by atoms with Gasteiger partial charge in [0.15, 0.2) is 0 Å². The Labute approximate surface area is 144 Å². The van der Waals surface area contributed by atoms with Crippen LogP contribution in [0.4, 0.5) is 26.3 Å². The minimum atomic E-state index is -4.66. The molecule has 1 aliphatic rings. The van der Waals surface area contributed by atoms with E-state index in [0.29, 0.717) is 37.6 Å². The van der Waals surface area contributed by atoms with Crippen LogP contribution in [0.5, 0.6) is 0 Å². The van der Waals surface area contributed by atoms with Crippen LogP contribution in [0.25, 0.3) is 0 Å². The maximum Gasteiger partial charge on any atom is 0.416 e. The summed E-state index contributed by atoms with van der Waals surface area (Å²) in [6.45, 7) is 3.79. The summed E-state index contributed by atoms with van der Waals surface area (Å²) in [5.74, 6) is -0.554. The van der Waals surface area contributed by atoms with Gasteiger partial charge in [0.05, 0.1) is 11.1 Å². The van der Waals surface area contributed by atoms with Gasteiger partial charge in [-0.05, 0) is 62.0 Å². The van der Waals surface area contributed by atoms with Crippen molar-refractivity contribution in [3.05, 3.63) is 34.9 Å². The molecule has 142 valence electrons. The highest BCUT2D eigenvalue weighted by atomic mass is 19.4.